The molecule has 0 radical (unpaired) electrons. The van der Waals surface area contributed by atoms with Gasteiger partial charge in [0, 0.05) is 11.4 Å². The molecule has 26 heavy (non-hydrogen) atoms. The van der Waals surface area contributed by atoms with Crippen LogP contribution < -0.4 is 20.7 Å². The van der Waals surface area contributed by atoms with E-state index in [9.17, 15) is 4.79 Å². The summed E-state index contributed by atoms with van der Waals surface area (Å²) in [6, 6.07) is 14.9. The Bertz CT molecular complexity index is 848. The average molecular weight is 367 g/mol. The Labute approximate surface area is 158 Å². The van der Waals surface area contributed by atoms with Crippen LogP contribution in [-0.2, 0) is 4.79 Å². The molecule has 1 saturated heterocycles. The molecule has 5 nitrogen and oxygen atoms in total. The molecule has 1 amide bonds. The Morgan fingerprint density at radius 3 is 2.54 bits per heavy atom. The Hall–Kier alpha value is -2.86. The molecule has 0 unspecified atom stereocenters. The smallest absolute Gasteiger partial charge is 0.235 e. The fourth-order valence-electron chi connectivity index (χ4n) is 3.08. The third-order valence-corrected chi connectivity index (χ3v) is 4.65. The fourth-order valence-corrected chi connectivity index (χ4v) is 3.34. The number of nitrogens with one attached hydrogen (secondary N) is 3. The molecule has 2 aromatic carbocycles. The predicted molar refractivity (Wildman–Crippen MR) is 107 cm³/mol. The van der Waals surface area contributed by atoms with Gasteiger partial charge in [0.05, 0.1) is 13.2 Å². The quantitative estimate of drug-likeness (QED) is 0.724. The van der Waals surface area contributed by atoms with Crippen molar-refractivity contribution in [3.8, 4) is 5.75 Å². The zero-order valence-corrected chi connectivity index (χ0v) is 15.5. The van der Waals surface area contributed by atoms with Crippen molar-refractivity contribution in [2.75, 3.05) is 12.4 Å². The second-order valence-corrected chi connectivity index (χ2v) is 6.56. The number of benzene rings is 2. The number of ether oxygens (including phenoxy) is 1. The standard InChI is InChI=1S/C20H21N3O2S/c1-12-6-4-5-7-16(12)18-17(13(2)21-20(26)23-18)19(24)22-14-8-10-15(25-3)11-9-14/h4-11,17-18H,2H2,1,3H3,(H,22,24)(H2,21,23,26)/t17-,18+/m1/s1. The molecule has 1 aliphatic heterocycles. The maximum Gasteiger partial charge on any atom is 0.235 e. The summed E-state index contributed by atoms with van der Waals surface area (Å²) in [4.78, 5) is 13.0. The summed E-state index contributed by atoms with van der Waals surface area (Å²) in [7, 11) is 1.60. The van der Waals surface area contributed by atoms with E-state index in [1.807, 2.05) is 31.2 Å². The molecule has 1 heterocycles. The van der Waals surface area contributed by atoms with Crippen LogP contribution in [0, 0.1) is 12.8 Å². The highest BCUT2D eigenvalue weighted by molar-refractivity contribution is 7.80. The van der Waals surface area contributed by atoms with E-state index in [4.69, 9.17) is 17.0 Å². The molecular formula is C20H21N3O2S. The average Bonchev–Trinajstić information content (AvgIpc) is 2.62. The fraction of sp³-hybridized carbons (Fsp3) is 0.200. The molecule has 2 atom stereocenters. The van der Waals surface area contributed by atoms with Crippen molar-refractivity contribution in [2.24, 2.45) is 5.92 Å². The van der Waals surface area contributed by atoms with Crippen molar-refractivity contribution in [2.45, 2.75) is 13.0 Å². The molecule has 1 fully saturated rings. The van der Waals surface area contributed by atoms with Crippen LogP contribution >= 0.6 is 12.2 Å². The molecule has 3 rings (SSSR count). The lowest BCUT2D eigenvalue weighted by Crippen LogP contribution is -2.51. The lowest BCUT2D eigenvalue weighted by Gasteiger charge is -2.36. The number of aryl methyl sites for hydroxylation is 1. The number of anilines is 1. The van der Waals surface area contributed by atoms with Gasteiger partial charge >= 0.3 is 0 Å². The number of carbonyl (C=O) groups is 1. The van der Waals surface area contributed by atoms with Crippen LogP contribution in [0.2, 0.25) is 0 Å². The highest BCUT2D eigenvalue weighted by Gasteiger charge is 2.37. The first-order valence-electron chi connectivity index (χ1n) is 8.26. The highest BCUT2D eigenvalue weighted by Crippen LogP contribution is 2.32. The second kappa shape index (κ2) is 7.58. The molecule has 3 N–H and O–H groups in total. The third kappa shape index (κ3) is 3.70. The topological polar surface area (TPSA) is 62.4 Å². The molecule has 2 aromatic rings. The van der Waals surface area contributed by atoms with Gasteiger partial charge < -0.3 is 20.7 Å². The van der Waals surface area contributed by atoms with Gasteiger partial charge in [-0.05, 0) is 54.5 Å². The second-order valence-electron chi connectivity index (χ2n) is 6.15. The summed E-state index contributed by atoms with van der Waals surface area (Å²) in [6.07, 6.45) is 0. The van der Waals surface area contributed by atoms with Crippen molar-refractivity contribution in [1.82, 2.24) is 10.6 Å². The van der Waals surface area contributed by atoms with Gasteiger partial charge in [0.15, 0.2) is 5.11 Å². The van der Waals surface area contributed by atoms with Crippen molar-refractivity contribution in [3.63, 3.8) is 0 Å². The molecular weight excluding hydrogens is 346 g/mol. The molecule has 0 bridgehead atoms. The Morgan fingerprint density at radius 1 is 1.19 bits per heavy atom. The molecule has 134 valence electrons. The van der Waals surface area contributed by atoms with E-state index in [1.165, 1.54) is 0 Å². The van der Waals surface area contributed by atoms with E-state index in [1.54, 1.807) is 31.4 Å². The lowest BCUT2D eigenvalue weighted by molar-refractivity contribution is -0.119. The third-order valence-electron chi connectivity index (χ3n) is 4.43. The van der Waals surface area contributed by atoms with Crippen LogP contribution in [-0.4, -0.2) is 18.1 Å². The van der Waals surface area contributed by atoms with Crippen LogP contribution in [0.15, 0.2) is 60.8 Å². The first-order chi connectivity index (χ1) is 12.5. The molecule has 1 aliphatic rings. The molecule has 0 saturated carbocycles. The number of hydrogen-bond donors (Lipinski definition) is 3. The van der Waals surface area contributed by atoms with Gasteiger partial charge in [-0.1, -0.05) is 30.8 Å². The zero-order valence-electron chi connectivity index (χ0n) is 14.7. The maximum atomic E-state index is 13.0. The van der Waals surface area contributed by atoms with Crippen LogP contribution in [0.5, 0.6) is 5.75 Å². The summed E-state index contributed by atoms with van der Waals surface area (Å²) in [5.74, 6) is 0.0670. The number of hydrogen-bond acceptors (Lipinski definition) is 3. The van der Waals surface area contributed by atoms with Gasteiger partial charge in [0.25, 0.3) is 0 Å². The van der Waals surface area contributed by atoms with E-state index in [0.29, 0.717) is 16.5 Å². The number of carbonyl (C=O) groups excluding carboxylic acids is 1. The molecule has 0 aliphatic carbocycles. The van der Waals surface area contributed by atoms with Gasteiger partial charge in [-0.25, -0.2) is 0 Å². The summed E-state index contributed by atoms with van der Waals surface area (Å²) < 4.78 is 5.15. The van der Waals surface area contributed by atoms with E-state index in [2.05, 4.69) is 22.5 Å². The normalized spacial score (nSPS) is 19.3. The van der Waals surface area contributed by atoms with E-state index in [-0.39, 0.29) is 11.9 Å². The lowest BCUT2D eigenvalue weighted by atomic mass is 9.86. The molecule has 0 spiro atoms. The van der Waals surface area contributed by atoms with Gasteiger partial charge in [0.2, 0.25) is 5.91 Å². The summed E-state index contributed by atoms with van der Waals surface area (Å²) >= 11 is 5.27. The minimum Gasteiger partial charge on any atom is -0.497 e. The van der Waals surface area contributed by atoms with Gasteiger partial charge in [-0.3, -0.25) is 4.79 Å². The van der Waals surface area contributed by atoms with E-state index in [0.717, 1.165) is 16.9 Å². The minimum atomic E-state index is -0.509. The van der Waals surface area contributed by atoms with Crippen molar-refractivity contribution in [1.29, 1.82) is 0 Å². The van der Waals surface area contributed by atoms with Crippen LogP contribution in [0.4, 0.5) is 5.69 Å². The SMILES string of the molecule is C=C1NC(=S)N[C@@H](c2ccccc2C)[C@@H]1C(=O)Nc1ccc(OC)cc1. The van der Waals surface area contributed by atoms with Gasteiger partial charge in [-0.2, -0.15) is 0 Å². The Balaban J connectivity index is 1.88. The number of methoxy groups -OCH3 is 1. The van der Waals surface area contributed by atoms with Gasteiger partial charge in [0.1, 0.15) is 11.7 Å². The minimum absolute atomic E-state index is 0.157. The summed E-state index contributed by atoms with van der Waals surface area (Å²) in [5.41, 5.74) is 3.38. The van der Waals surface area contributed by atoms with Crippen molar-refractivity contribution >= 4 is 28.9 Å². The van der Waals surface area contributed by atoms with E-state index >= 15 is 0 Å². The molecule has 6 heteroatoms. The van der Waals surface area contributed by atoms with E-state index < -0.39 is 5.92 Å². The Morgan fingerprint density at radius 2 is 1.88 bits per heavy atom. The highest BCUT2D eigenvalue weighted by atomic mass is 32.1. The monoisotopic (exact) mass is 367 g/mol. The largest absolute Gasteiger partial charge is 0.497 e. The van der Waals surface area contributed by atoms with Crippen LogP contribution in [0.1, 0.15) is 17.2 Å². The molecule has 0 aromatic heterocycles. The van der Waals surface area contributed by atoms with Gasteiger partial charge in [-0.15, -0.1) is 0 Å². The Kier molecular flexibility index (Phi) is 5.23. The number of thiocarbonyl (C=S) groups is 1. The maximum absolute atomic E-state index is 13.0. The van der Waals surface area contributed by atoms with Crippen LogP contribution in [0.25, 0.3) is 0 Å². The summed E-state index contributed by atoms with van der Waals surface area (Å²) in [6.45, 7) is 6.04. The predicted octanol–water partition coefficient (Wildman–Crippen LogP) is 3.29. The van der Waals surface area contributed by atoms with Crippen molar-refractivity contribution in [3.05, 3.63) is 71.9 Å². The first-order valence-corrected chi connectivity index (χ1v) is 8.67. The number of amides is 1. The number of rotatable bonds is 4. The first kappa shape index (κ1) is 17.9. The van der Waals surface area contributed by atoms with Crippen LogP contribution in [0.3, 0.4) is 0 Å². The van der Waals surface area contributed by atoms with Crippen molar-refractivity contribution < 1.29 is 9.53 Å². The summed E-state index contributed by atoms with van der Waals surface area (Å²) in [5, 5.41) is 9.61. The zero-order chi connectivity index (χ0) is 18.7.